The average Bonchev–Trinajstić information content (AvgIpc) is 2.10. The van der Waals surface area contributed by atoms with Gasteiger partial charge in [0.05, 0.1) is 0 Å². The molecule has 0 aromatic heterocycles. The maximum atomic E-state index is 10.8. The molecule has 0 rings (SSSR count). The van der Waals surface area contributed by atoms with E-state index in [0.29, 0.717) is 0 Å². The van der Waals surface area contributed by atoms with Crippen molar-refractivity contribution in [2.45, 2.75) is 18.9 Å². The van der Waals surface area contributed by atoms with Crippen molar-refractivity contribution in [2.75, 3.05) is 6.61 Å². The van der Waals surface area contributed by atoms with Crippen molar-refractivity contribution in [2.24, 2.45) is 0 Å². The minimum absolute atomic E-state index is 0.0992. The van der Waals surface area contributed by atoms with Gasteiger partial charge in [0, 0.05) is 6.42 Å². The number of ether oxygens (including phenoxy) is 1. The molecule has 0 bridgehead atoms. The lowest BCUT2D eigenvalue weighted by atomic mass is 10.2. The molecule has 0 aromatic rings. The van der Waals surface area contributed by atoms with Gasteiger partial charge in [-0.1, -0.05) is 12.7 Å². The minimum Gasteiger partial charge on any atom is -0.479 e. The number of aliphatic carboxylic acids is 1. The van der Waals surface area contributed by atoms with Crippen molar-refractivity contribution in [1.29, 1.82) is 0 Å². The quantitative estimate of drug-likeness (QED) is 0.450. The summed E-state index contributed by atoms with van der Waals surface area (Å²) < 4.78 is 4.56. The van der Waals surface area contributed by atoms with Crippen molar-refractivity contribution in [3.8, 4) is 0 Å². The monoisotopic (exact) mass is 188 g/mol. The molecule has 0 saturated carbocycles. The molecule has 0 spiro atoms. The zero-order valence-corrected chi connectivity index (χ0v) is 7.10. The Bertz CT molecular complexity index is 199. The van der Waals surface area contributed by atoms with Gasteiger partial charge in [-0.25, -0.2) is 4.79 Å². The average molecular weight is 188 g/mol. The van der Waals surface area contributed by atoms with Crippen LogP contribution in [0.2, 0.25) is 0 Å². The second-order valence-electron chi connectivity index (χ2n) is 2.36. The number of rotatable bonds is 6. The predicted molar refractivity (Wildman–Crippen MR) is 44.0 cm³/mol. The van der Waals surface area contributed by atoms with Gasteiger partial charge in [0.2, 0.25) is 0 Å². The number of hydrogen-bond donors (Lipinski definition) is 2. The van der Waals surface area contributed by atoms with Crippen LogP contribution >= 0.6 is 0 Å². The Morgan fingerprint density at radius 2 is 2.15 bits per heavy atom. The number of esters is 1. The molecule has 0 heterocycles. The number of carboxylic acids is 1. The Morgan fingerprint density at radius 1 is 1.54 bits per heavy atom. The zero-order valence-electron chi connectivity index (χ0n) is 7.10. The van der Waals surface area contributed by atoms with Crippen LogP contribution in [0.3, 0.4) is 0 Å². The molecular formula is C8H12O5. The van der Waals surface area contributed by atoms with Gasteiger partial charge in [0.15, 0.2) is 6.10 Å². The number of carboxylic acid groups (broad SMARTS) is 1. The maximum Gasteiger partial charge on any atom is 0.332 e. The summed E-state index contributed by atoms with van der Waals surface area (Å²) in [4.78, 5) is 20.9. The second-order valence-corrected chi connectivity index (χ2v) is 2.36. The van der Waals surface area contributed by atoms with E-state index in [-0.39, 0.29) is 19.4 Å². The normalized spacial score (nSPS) is 11.8. The Balaban J connectivity index is 3.57. The standard InChI is InChI=1S/C8H12O5/c1-2-5-13-7(10)4-3-6(9)8(11)12/h2,6,9H,1,3-5H2,(H,11,12)/t6-/m1/s1. The van der Waals surface area contributed by atoms with Gasteiger partial charge in [-0.05, 0) is 6.42 Å². The Labute approximate surface area is 75.6 Å². The molecule has 0 aliphatic rings. The summed E-state index contributed by atoms with van der Waals surface area (Å²) in [5, 5.41) is 17.0. The third-order valence-corrected chi connectivity index (χ3v) is 1.27. The highest BCUT2D eigenvalue weighted by atomic mass is 16.5. The van der Waals surface area contributed by atoms with E-state index in [2.05, 4.69) is 11.3 Å². The highest BCUT2D eigenvalue weighted by Gasteiger charge is 2.14. The van der Waals surface area contributed by atoms with E-state index in [9.17, 15) is 9.59 Å². The van der Waals surface area contributed by atoms with E-state index < -0.39 is 18.0 Å². The summed E-state index contributed by atoms with van der Waals surface area (Å²) in [5.74, 6) is -1.88. The van der Waals surface area contributed by atoms with Crippen LogP contribution in [-0.2, 0) is 14.3 Å². The fourth-order valence-electron chi connectivity index (χ4n) is 0.602. The lowest BCUT2D eigenvalue weighted by Crippen LogP contribution is -2.20. The van der Waals surface area contributed by atoms with Crippen molar-refractivity contribution in [3.63, 3.8) is 0 Å². The van der Waals surface area contributed by atoms with E-state index in [0.717, 1.165) is 0 Å². The predicted octanol–water partition coefficient (Wildman–Crippen LogP) is -0.0587. The van der Waals surface area contributed by atoms with Gasteiger partial charge in [0.1, 0.15) is 6.61 Å². The summed E-state index contributed by atoms with van der Waals surface area (Å²) in [6.45, 7) is 3.43. The highest BCUT2D eigenvalue weighted by molar-refractivity contribution is 5.74. The van der Waals surface area contributed by atoms with Crippen LogP contribution in [0, 0.1) is 0 Å². The van der Waals surface area contributed by atoms with Gasteiger partial charge in [0.25, 0.3) is 0 Å². The molecule has 5 nitrogen and oxygen atoms in total. The molecule has 2 N–H and O–H groups in total. The first kappa shape index (κ1) is 11.6. The number of hydrogen-bond acceptors (Lipinski definition) is 4. The van der Waals surface area contributed by atoms with Gasteiger partial charge in [-0.3, -0.25) is 4.79 Å². The van der Waals surface area contributed by atoms with Crippen LogP contribution < -0.4 is 0 Å². The molecule has 0 amide bonds. The number of carbonyl (C=O) groups excluding carboxylic acids is 1. The topological polar surface area (TPSA) is 83.8 Å². The Hall–Kier alpha value is -1.36. The fourth-order valence-corrected chi connectivity index (χ4v) is 0.602. The number of aliphatic hydroxyl groups excluding tert-OH is 1. The lowest BCUT2D eigenvalue weighted by molar-refractivity contribution is -0.148. The summed E-state index contributed by atoms with van der Waals surface area (Å²) in [6, 6.07) is 0. The summed E-state index contributed by atoms with van der Waals surface area (Å²) in [5.41, 5.74) is 0. The largest absolute Gasteiger partial charge is 0.479 e. The van der Waals surface area contributed by atoms with Crippen LogP contribution in [0.1, 0.15) is 12.8 Å². The number of carbonyl (C=O) groups is 2. The fraction of sp³-hybridized carbons (Fsp3) is 0.500. The van der Waals surface area contributed by atoms with E-state index in [1.165, 1.54) is 6.08 Å². The molecule has 0 radical (unpaired) electrons. The first-order valence-corrected chi connectivity index (χ1v) is 3.75. The van der Waals surface area contributed by atoms with Crippen LogP contribution in [-0.4, -0.2) is 34.9 Å². The van der Waals surface area contributed by atoms with E-state index in [1.807, 2.05) is 0 Å². The molecule has 0 aliphatic carbocycles. The van der Waals surface area contributed by atoms with Crippen LogP contribution in [0.4, 0.5) is 0 Å². The molecular weight excluding hydrogens is 176 g/mol. The van der Waals surface area contributed by atoms with Crippen molar-refractivity contribution >= 4 is 11.9 Å². The van der Waals surface area contributed by atoms with Crippen molar-refractivity contribution in [3.05, 3.63) is 12.7 Å². The van der Waals surface area contributed by atoms with Crippen LogP contribution in [0.15, 0.2) is 12.7 Å². The molecule has 0 unspecified atom stereocenters. The SMILES string of the molecule is C=CCOC(=O)CC[C@@H](O)C(=O)O. The van der Waals surface area contributed by atoms with Crippen LogP contribution in [0.5, 0.6) is 0 Å². The minimum atomic E-state index is -1.50. The zero-order chi connectivity index (χ0) is 10.3. The molecule has 5 heteroatoms. The first-order chi connectivity index (χ1) is 6.07. The van der Waals surface area contributed by atoms with Gasteiger partial charge >= 0.3 is 11.9 Å². The van der Waals surface area contributed by atoms with E-state index in [1.54, 1.807) is 0 Å². The van der Waals surface area contributed by atoms with Crippen molar-refractivity contribution < 1.29 is 24.5 Å². The lowest BCUT2D eigenvalue weighted by Gasteiger charge is -2.04. The molecule has 0 fully saturated rings. The Morgan fingerprint density at radius 3 is 2.62 bits per heavy atom. The van der Waals surface area contributed by atoms with Crippen LogP contribution in [0.25, 0.3) is 0 Å². The maximum absolute atomic E-state index is 10.8. The second kappa shape index (κ2) is 6.19. The summed E-state index contributed by atoms with van der Waals surface area (Å²) in [7, 11) is 0. The van der Waals surface area contributed by atoms with Gasteiger partial charge in [-0.15, -0.1) is 0 Å². The third kappa shape index (κ3) is 5.86. The smallest absolute Gasteiger partial charge is 0.332 e. The van der Waals surface area contributed by atoms with Gasteiger partial charge in [-0.2, -0.15) is 0 Å². The highest BCUT2D eigenvalue weighted by Crippen LogP contribution is 1.99. The summed E-state index contributed by atoms with van der Waals surface area (Å²) >= 11 is 0. The molecule has 0 saturated heterocycles. The number of aliphatic hydroxyl groups is 1. The molecule has 13 heavy (non-hydrogen) atoms. The Kier molecular flexibility index (Phi) is 5.54. The van der Waals surface area contributed by atoms with Gasteiger partial charge < -0.3 is 14.9 Å². The molecule has 1 atom stereocenters. The molecule has 0 aliphatic heterocycles. The first-order valence-electron chi connectivity index (χ1n) is 3.75. The summed E-state index contributed by atoms with van der Waals surface area (Å²) in [6.07, 6.45) is -0.339. The molecule has 0 aromatic carbocycles. The van der Waals surface area contributed by atoms with Crippen molar-refractivity contribution in [1.82, 2.24) is 0 Å². The van der Waals surface area contributed by atoms with E-state index in [4.69, 9.17) is 10.2 Å². The van der Waals surface area contributed by atoms with E-state index >= 15 is 0 Å². The molecule has 74 valence electrons. The third-order valence-electron chi connectivity index (χ3n) is 1.27.